The third-order valence-corrected chi connectivity index (χ3v) is 10.8. The smallest absolute Gasteiger partial charge is 0.0264 e. The van der Waals surface area contributed by atoms with Gasteiger partial charge in [0.25, 0.3) is 0 Å². The summed E-state index contributed by atoms with van der Waals surface area (Å²) in [7, 11) is 0. The van der Waals surface area contributed by atoms with Gasteiger partial charge in [-0.3, -0.25) is 0 Å². The van der Waals surface area contributed by atoms with Gasteiger partial charge in [0.1, 0.15) is 0 Å². The zero-order valence-corrected chi connectivity index (χ0v) is 28.2. The molecule has 0 saturated heterocycles. The van der Waals surface area contributed by atoms with Gasteiger partial charge in [0.05, 0.1) is 0 Å². The minimum absolute atomic E-state index is 0. The summed E-state index contributed by atoms with van der Waals surface area (Å²) >= 11 is 0. The summed E-state index contributed by atoms with van der Waals surface area (Å²) in [4.78, 5) is 0. The van der Waals surface area contributed by atoms with Crippen molar-refractivity contribution in [2.24, 2.45) is 58.2 Å². The molecular formula is C38H78. The average Bonchev–Trinajstić information content (AvgIpc) is 3.24. The maximum Gasteiger partial charge on any atom is -0.0264 e. The molecule has 38 heavy (non-hydrogen) atoms. The highest BCUT2D eigenvalue weighted by molar-refractivity contribution is 5.09. The predicted octanol–water partition coefficient (Wildman–Crippen LogP) is 13.7. The topological polar surface area (TPSA) is 0 Å². The molecule has 0 radical (unpaired) electrons. The molecular weight excluding hydrogens is 456 g/mol. The second kappa shape index (κ2) is 19.8. The monoisotopic (exact) mass is 535 g/mol. The summed E-state index contributed by atoms with van der Waals surface area (Å²) in [5.41, 5.74) is 1.39. The van der Waals surface area contributed by atoms with E-state index >= 15 is 0 Å². The summed E-state index contributed by atoms with van der Waals surface area (Å²) in [5.74, 6) is 7.98. The van der Waals surface area contributed by atoms with Crippen LogP contribution < -0.4 is 0 Å². The minimum atomic E-state index is 0. The maximum atomic E-state index is 3.00. The van der Waals surface area contributed by atoms with E-state index in [4.69, 9.17) is 0 Å². The van der Waals surface area contributed by atoms with Gasteiger partial charge in [-0.05, 0) is 110 Å². The Morgan fingerprint density at radius 2 is 1.21 bits per heavy atom. The second-order valence-electron chi connectivity index (χ2n) is 14.2. The zero-order chi connectivity index (χ0) is 28.8. The average molecular weight is 535 g/mol. The van der Waals surface area contributed by atoms with E-state index in [0.717, 1.165) is 47.3 Å². The first-order valence-corrected chi connectivity index (χ1v) is 17.1. The van der Waals surface area contributed by atoms with E-state index in [9.17, 15) is 0 Å². The van der Waals surface area contributed by atoms with Crippen LogP contribution >= 0.6 is 0 Å². The van der Waals surface area contributed by atoms with Gasteiger partial charge in [0.2, 0.25) is 0 Å². The maximum absolute atomic E-state index is 3.00. The molecule has 0 N–H and O–H groups in total. The van der Waals surface area contributed by atoms with Crippen LogP contribution in [0.25, 0.3) is 0 Å². The molecule has 0 aromatic rings. The molecule has 4 aliphatic carbocycles. The number of hydrogen-bond donors (Lipinski definition) is 0. The second-order valence-corrected chi connectivity index (χ2v) is 14.2. The normalized spacial score (nSPS) is 35.5. The molecule has 0 heterocycles. The van der Waals surface area contributed by atoms with E-state index in [0.29, 0.717) is 10.8 Å². The van der Waals surface area contributed by atoms with Crippen LogP contribution in [0, 0.1) is 58.2 Å². The van der Waals surface area contributed by atoms with Crippen LogP contribution in [0.2, 0.25) is 0 Å². The molecule has 0 nitrogen and oxygen atoms in total. The van der Waals surface area contributed by atoms with Crippen LogP contribution in [-0.4, -0.2) is 0 Å². The number of rotatable bonds is 5. The van der Waals surface area contributed by atoms with Gasteiger partial charge in [0, 0.05) is 0 Å². The summed E-state index contributed by atoms with van der Waals surface area (Å²) < 4.78 is 0. The summed E-state index contributed by atoms with van der Waals surface area (Å²) in [6.45, 7) is 33.4. The molecule has 0 bridgehead atoms. The fourth-order valence-corrected chi connectivity index (χ4v) is 9.32. The lowest BCUT2D eigenvalue weighted by Gasteiger charge is -2.61. The van der Waals surface area contributed by atoms with Crippen LogP contribution in [0.15, 0.2) is 13.2 Å². The van der Waals surface area contributed by atoms with E-state index in [1.165, 1.54) is 32.1 Å². The third-order valence-electron chi connectivity index (χ3n) is 10.8. The Morgan fingerprint density at radius 1 is 0.658 bits per heavy atom. The largest absolute Gasteiger partial charge is 0.106 e. The van der Waals surface area contributed by atoms with Crippen molar-refractivity contribution in [3.8, 4) is 0 Å². The van der Waals surface area contributed by atoms with Crippen LogP contribution in [0.4, 0.5) is 0 Å². The highest BCUT2D eigenvalue weighted by Crippen LogP contribution is 2.68. The summed E-state index contributed by atoms with van der Waals surface area (Å²) in [6.07, 6.45) is 19.9. The van der Waals surface area contributed by atoms with E-state index < -0.39 is 0 Å². The van der Waals surface area contributed by atoms with Gasteiger partial charge in [-0.1, -0.05) is 123 Å². The van der Waals surface area contributed by atoms with Crippen LogP contribution in [0.5, 0.6) is 0 Å². The molecule has 0 aliphatic heterocycles. The molecule has 4 rings (SSSR count). The van der Waals surface area contributed by atoms with Crippen molar-refractivity contribution in [2.75, 3.05) is 0 Å². The van der Waals surface area contributed by atoms with E-state index in [2.05, 4.69) is 68.5 Å². The molecule has 8 atom stereocenters. The van der Waals surface area contributed by atoms with Crippen molar-refractivity contribution >= 4 is 0 Å². The lowest BCUT2D eigenvalue weighted by atomic mass is 9.44. The first-order valence-electron chi connectivity index (χ1n) is 17.1. The van der Waals surface area contributed by atoms with Gasteiger partial charge < -0.3 is 0 Å². The van der Waals surface area contributed by atoms with Crippen molar-refractivity contribution in [3.05, 3.63) is 13.2 Å². The van der Waals surface area contributed by atoms with Crippen molar-refractivity contribution in [1.82, 2.24) is 0 Å². The van der Waals surface area contributed by atoms with Gasteiger partial charge in [-0.2, -0.15) is 0 Å². The Hall–Kier alpha value is -0.260. The molecule has 0 aromatic heterocycles. The molecule has 8 unspecified atom stereocenters. The first kappa shape index (κ1) is 39.9. The van der Waals surface area contributed by atoms with Gasteiger partial charge in [0.15, 0.2) is 0 Å². The highest BCUT2D eigenvalue weighted by atomic mass is 14.6. The number of hydrogen-bond acceptors (Lipinski definition) is 0. The predicted molar refractivity (Wildman–Crippen MR) is 179 cm³/mol. The van der Waals surface area contributed by atoms with E-state index in [1.54, 1.807) is 51.4 Å². The van der Waals surface area contributed by atoms with Crippen molar-refractivity contribution in [1.29, 1.82) is 0 Å². The fourth-order valence-electron chi connectivity index (χ4n) is 9.32. The van der Waals surface area contributed by atoms with Crippen LogP contribution in [0.3, 0.4) is 0 Å². The van der Waals surface area contributed by atoms with Crippen molar-refractivity contribution in [2.45, 2.75) is 174 Å². The Morgan fingerprint density at radius 3 is 1.76 bits per heavy atom. The molecule has 0 amide bonds. The first-order chi connectivity index (χ1) is 17.6. The lowest BCUT2D eigenvalue weighted by molar-refractivity contribution is -0.114. The minimum Gasteiger partial charge on any atom is -0.106 e. The van der Waals surface area contributed by atoms with Gasteiger partial charge in [-0.25, -0.2) is 0 Å². The number of fused-ring (bicyclic) bond motifs is 5. The SMILES string of the molecule is C.C=C.CC.CC.CC(C)C.CC(C)CCCC(C)C1CCC2C3CCC4CCCCC4(C)C3CCC12C. The van der Waals surface area contributed by atoms with E-state index in [1.807, 2.05) is 27.7 Å². The Balaban J connectivity index is 0. The molecule has 4 aliphatic rings. The fraction of sp³-hybridized carbons (Fsp3) is 0.947. The summed E-state index contributed by atoms with van der Waals surface area (Å²) in [6, 6.07) is 0. The molecule has 4 fully saturated rings. The van der Waals surface area contributed by atoms with Crippen molar-refractivity contribution < 1.29 is 0 Å². The van der Waals surface area contributed by atoms with Gasteiger partial charge >= 0.3 is 0 Å². The van der Waals surface area contributed by atoms with Gasteiger partial charge in [-0.15, -0.1) is 13.2 Å². The van der Waals surface area contributed by atoms with E-state index in [-0.39, 0.29) is 7.43 Å². The van der Waals surface area contributed by atoms with Crippen LogP contribution in [-0.2, 0) is 0 Å². The van der Waals surface area contributed by atoms with Crippen LogP contribution in [0.1, 0.15) is 174 Å². The highest BCUT2D eigenvalue weighted by Gasteiger charge is 2.59. The Bertz CT molecular complexity index is 558. The quantitative estimate of drug-likeness (QED) is 0.308. The molecule has 0 heteroatoms. The van der Waals surface area contributed by atoms with Crippen molar-refractivity contribution in [3.63, 3.8) is 0 Å². The standard InChI is InChI=1S/C27H48.C4H10.2C2H6.C2H4.CH4/c1-19(2)9-8-10-20(3)23-14-15-24-22-13-12-21-11-6-7-17-26(21,4)25(22)16-18-27(23,24)5;1-4(2)3;3*1-2;/h19-25H,6-18H2,1-5H3;4H,1-3H3;2*1-2H3;1-2H2;1H4. The molecule has 0 aromatic carbocycles. The Labute approximate surface area is 245 Å². The Kier molecular flexibility index (Phi) is 20.7. The molecule has 0 spiro atoms. The summed E-state index contributed by atoms with van der Waals surface area (Å²) in [5, 5.41) is 0. The molecule has 4 saturated carbocycles. The third kappa shape index (κ3) is 9.98. The zero-order valence-electron chi connectivity index (χ0n) is 28.2. The lowest BCUT2D eigenvalue weighted by Crippen LogP contribution is -2.53. The molecule has 230 valence electrons.